The van der Waals surface area contributed by atoms with E-state index in [1.165, 1.54) is 54.5 Å². The van der Waals surface area contributed by atoms with Gasteiger partial charge in [-0.2, -0.15) is 0 Å². The minimum atomic E-state index is -0.308. The molecular weight excluding hydrogens is 359 g/mol. The molecule has 1 heterocycles. The quantitative estimate of drug-likeness (QED) is 0.735. The Morgan fingerprint density at radius 3 is 3.00 bits per heavy atom. The summed E-state index contributed by atoms with van der Waals surface area (Å²) in [6.45, 7) is 2.20. The molecule has 3 rings (SSSR count). The number of nitrogens with one attached hydrogen (secondary N) is 2. The first-order valence-corrected chi connectivity index (χ1v) is 10.2. The predicted octanol–water partition coefficient (Wildman–Crippen LogP) is 4.21. The summed E-state index contributed by atoms with van der Waals surface area (Å²) < 4.78 is 13.9. The second-order valence-electron chi connectivity index (χ2n) is 6.23. The van der Waals surface area contributed by atoms with Crippen molar-refractivity contribution >= 4 is 39.8 Å². The summed E-state index contributed by atoms with van der Waals surface area (Å²) in [5.74, 6) is 0.611. The lowest BCUT2D eigenvalue weighted by atomic mass is 9.86. The average molecular weight is 381 g/mol. The SMILES string of the molecule is CC1CCCCC1NC(=O)CSc1nnc(Nc2cccc(F)c2)s1. The topological polar surface area (TPSA) is 66.9 Å². The van der Waals surface area contributed by atoms with E-state index >= 15 is 0 Å². The standard InChI is InChI=1S/C17H21FN4OS2/c1-11-5-2-3-8-14(11)20-15(23)10-24-17-22-21-16(25-17)19-13-7-4-6-12(18)9-13/h4,6-7,9,11,14H,2-3,5,8,10H2,1H3,(H,19,21)(H,20,23). The van der Waals surface area contributed by atoms with Gasteiger partial charge >= 0.3 is 0 Å². The van der Waals surface area contributed by atoms with Crippen LogP contribution in [0, 0.1) is 11.7 Å². The minimum Gasteiger partial charge on any atom is -0.352 e. The number of hydrogen-bond donors (Lipinski definition) is 2. The van der Waals surface area contributed by atoms with Crippen molar-refractivity contribution in [3.63, 3.8) is 0 Å². The Morgan fingerprint density at radius 1 is 1.36 bits per heavy atom. The molecule has 25 heavy (non-hydrogen) atoms. The van der Waals surface area contributed by atoms with Crippen LogP contribution in [0.25, 0.3) is 0 Å². The van der Waals surface area contributed by atoms with Crippen LogP contribution in [0.4, 0.5) is 15.2 Å². The van der Waals surface area contributed by atoms with Gasteiger partial charge in [0.05, 0.1) is 5.75 Å². The highest BCUT2D eigenvalue weighted by Gasteiger charge is 2.22. The van der Waals surface area contributed by atoms with Crippen LogP contribution in [0.1, 0.15) is 32.6 Å². The lowest BCUT2D eigenvalue weighted by Gasteiger charge is -2.29. The van der Waals surface area contributed by atoms with Crippen molar-refractivity contribution in [2.45, 2.75) is 43.0 Å². The highest BCUT2D eigenvalue weighted by molar-refractivity contribution is 8.01. The smallest absolute Gasteiger partial charge is 0.230 e. The highest BCUT2D eigenvalue weighted by Crippen LogP contribution is 2.28. The lowest BCUT2D eigenvalue weighted by molar-refractivity contribution is -0.119. The van der Waals surface area contributed by atoms with Gasteiger partial charge < -0.3 is 10.6 Å². The monoisotopic (exact) mass is 380 g/mol. The van der Waals surface area contributed by atoms with E-state index in [9.17, 15) is 9.18 Å². The molecule has 2 unspecified atom stereocenters. The maximum Gasteiger partial charge on any atom is 0.230 e. The molecule has 134 valence electrons. The van der Waals surface area contributed by atoms with Crippen molar-refractivity contribution in [3.05, 3.63) is 30.1 Å². The van der Waals surface area contributed by atoms with Gasteiger partial charge in [-0.15, -0.1) is 10.2 Å². The van der Waals surface area contributed by atoms with Crippen molar-refractivity contribution in [2.24, 2.45) is 5.92 Å². The van der Waals surface area contributed by atoms with Gasteiger partial charge in [-0.25, -0.2) is 4.39 Å². The predicted molar refractivity (Wildman–Crippen MR) is 99.9 cm³/mol. The molecule has 5 nitrogen and oxygen atoms in total. The van der Waals surface area contributed by atoms with Crippen LogP contribution in [0.15, 0.2) is 28.6 Å². The molecule has 0 bridgehead atoms. The minimum absolute atomic E-state index is 0.0404. The second-order valence-corrected chi connectivity index (χ2v) is 8.43. The lowest BCUT2D eigenvalue weighted by Crippen LogP contribution is -2.41. The molecule has 0 saturated heterocycles. The third kappa shape index (κ3) is 5.40. The number of amides is 1. The van der Waals surface area contributed by atoms with Gasteiger partial charge in [-0.3, -0.25) is 4.79 Å². The number of carbonyl (C=O) groups excluding carboxylic acids is 1. The van der Waals surface area contributed by atoms with Gasteiger partial charge in [0.2, 0.25) is 11.0 Å². The summed E-state index contributed by atoms with van der Waals surface area (Å²) >= 11 is 2.72. The van der Waals surface area contributed by atoms with Crippen LogP contribution in [0.3, 0.4) is 0 Å². The average Bonchev–Trinajstić information content (AvgIpc) is 3.03. The van der Waals surface area contributed by atoms with Crippen LogP contribution >= 0.6 is 23.1 Å². The first-order chi connectivity index (χ1) is 12.1. The van der Waals surface area contributed by atoms with Gasteiger partial charge in [0.1, 0.15) is 5.82 Å². The number of nitrogens with zero attached hydrogens (tertiary/aromatic N) is 2. The van der Waals surface area contributed by atoms with Crippen LogP contribution in [0.5, 0.6) is 0 Å². The van der Waals surface area contributed by atoms with E-state index in [0.29, 0.717) is 32.9 Å². The maximum absolute atomic E-state index is 13.2. The Morgan fingerprint density at radius 2 is 2.20 bits per heavy atom. The summed E-state index contributed by atoms with van der Waals surface area (Å²) in [5.41, 5.74) is 0.622. The molecule has 2 atom stereocenters. The molecule has 1 saturated carbocycles. The number of aromatic nitrogens is 2. The number of carbonyl (C=O) groups is 1. The summed E-state index contributed by atoms with van der Waals surface area (Å²) in [7, 11) is 0. The third-order valence-electron chi connectivity index (χ3n) is 4.27. The van der Waals surface area contributed by atoms with Crippen molar-refractivity contribution in [2.75, 3.05) is 11.1 Å². The zero-order valence-electron chi connectivity index (χ0n) is 14.0. The Hall–Kier alpha value is -1.67. The molecule has 0 radical (unpaired) electrons. The van der Waals surface area contributed by atoms with E-state index < -0.39 is 0 Å². The first kappa shape index (κ1) is 18.1. The Bertz CT molecular complexity index is 724. The van der Waals surface area contributed by atoms with Gasteiger partial charge in [0.15, 0.2) is 4.34 Å². The molecule has 1 aliphatic rings. The van der Waals surface area contributed by atoms with Gasteiger partial charge in [0, 0.05) is 11.7 Å². The van der Waals surface area contributed by atoms with E-state index in [1.54, 1.807) is 12.1 Å². The van der Waals surface area contributed by atoms with Crippen LogP contribution in [-0.2, 0) is 4.79 Å². The Kier molecular flexibility index (Phi) is 6.25. The molecular formula is C17H21FN4OS2. The van der Waals surface area contributed by atoms with E-state index in [1.807, 2.05) is 0 Å². The molecule has 1 aromatic carbocycles. The Balaban J connectivity index is 1.47. The normalized spacial score (nSPS) is 20.2. The van der Waals surface area contributed by atoms with Gasteiger partial charge in [0.25, 0.3) is 0 Å². The fourth-order valence-corrected chi connectivity index (χ4v) is 4.50. The van der Waals surface area contributed by atoms with E-state index in [2.05, 4.69) is 27.8 Å². The summed E-state index contributed by atoms with van der Waals surface area (Å²) in [6.07, 6.45) is 4.70. The van der Waals surface area contributed by atoms with Crippen LogP contribution < -0.4 is 10.6 Å². The van der Waals surface area contributed by atoms with Crippen molar-refractivity contribution in [1.82, 2.24) is 15.5 Å². The third-order valence-corrected chi connectivity index (χ3v) is 6.24. The van der Waals surface area contributed by atoms with Gasteiger partial charge in [-0.1, -0.05) is 48.9 Å². The van der Waals surface area contributed by atoms with Gasteiger partial charge in [-0.05, 0) is 37.0 Å². The zero-order valence-corrected chi connectivity index (χ0v) is 15.6. The largest absolute Gasteiger partial charge is 0.352 e. The fraction of sp³-hybridized carbons (Fsp3) is 0.471. The molecule has 2 N–H and O–H groups in total. The van der Waals surface area contributed by atoms with E-state index in [0.717, 1.165) is 6.42 Å². The fourth-order valence-electron chi connectivity index (χ4n) is 2.91. The molecule has 1 aliphatic carbocycles. The maximum atomic E-state index is 13.2. The highest BCUT2D eigenvalue weighted by atomic mass is 32.2. The van der Waals surface area contributed by atoms with Crippen LogP contribution in [-0.4, -0.2) is 27.9 Å². The number of benzene rings is 1. The zero-order chi connectivity index (χ0) is 17.6. The van der Waals surface area contributed by atoms with E-state index in [-0.39, 0.29) is 11.7 Å². The van der Waals surface area contributed by atoms with Crippen molar-refractivity contribution < 1.29 is 9.18 Å². The number of rotatable bonds is 6. The molecule has 2 aromatic rings. The van der Waals surface area contributed by atoms with Crippen molar-refractivity contribution in [3.8, 4) is 0 Å². The molecule has 1 amide bonds. The number of halogens is 1. The van der Waals surface area contributed by atoms with Crippen molar-refractivity contribution in [1.29, 1.82) is 0 Å². The summed E-state index contributed by atoms with van der Waals surface area (Å²) in [4.78, 5) is 12.1. The van der Waals surface area contributed by atoms with Crippen LogP contribution in [0.2, 0.25) is 0 Å². The first-order valence-electron chi connectivity index (χ1n) is 8.38. The number of thioether (sulfide) groups is 1. The number of anilines is 2. The Labute approximate surface area is 154 Å². The molecule has 1 fully saturated rings. The molecule has 1 aromatic heterocycles. The summed E-state index contributed by atoms with van der Waals surface area (Å²) in [5, 5.41) is 14.8. The molecule has 0 spiro atoms. The van der Waals surface area contributed by atoms with E-state index in [4.69, 9.17) is 0 Å². The molecule has 8 heteroatoms. The number of hydrogen-bond acceptors (Lipinski definition) is 6. The second kappa shape index (κ2) is 8.62. The summed E-state index contributed by atoms with van der Waals surface area (Å²) in [6, 6.07) is 6.47. The molecule has 0 aliphatic heterocycles.